The van der Waals surface area contributed by atoms with Crippen LogP contribution in [-0.4, -0.2) is 31.1 Å². The van der Waals surface area contributed by atoms with E-state index in [1.807, 2.05) is 11.3 Å². The summed E-state index contributed by atoms with van der Waals surface area (Å²) >= 11 is 1.91. The van der Waals surface area contributed by atoms with Gasteiger partial charge in [0.2, 0.25) is 0 Å². The first-order chi connectivity index (χ1) is 6.75. The summed E-state index contributed by atoms with van der Waals surface area (Å²) in [4.78, 5) is 5.36. The smallest absolute Gasteiger partial charge is 0.0328 e. The van der Waals surface area contributed by atoms with Crippen LogP contribution >= 0.6 is 11.3 Å². The van der Waals surface area contributed by atoms with Gasteiger partial charge in [-0.05, 0) is 39.1 Å². The fourth-order valence-corrected chi connectivity index (χ4v) is 2.91. The van der Waals surface area contributed by atoms with Crippen molar-refractivity contribution in [1.29, 1.82) is 0 Å². The molecule has 0 spiro atoms. The molecule has 1 aromatic heterocycles. The summed E-state index contributed by atoms with van der Waals surface area (Å²) in [6.45, 7) is 5.61. The molecule has 1 aliphatic rings. The van der Waals surface area contributed by atoms with Gasteiger partial charge in [-0.15, -0.1) is 11.3 Å². The molecule has 0 bridgehead atoms. The first-order valence-corrected chi connectivity index (χ1v) is 6.03. The van der Waals surface area contributed by atoms with Gasteiger partial charge in [0.05, 0.1) is 0 Å². The number of nitrogens with one attached hydrogen (secondary N) is 1. The normalized spacial score (nSPS) is 22.1. The lowest BCUT2D eigenvalue weighted by Crippen LogP contribution is -2.32. The Bertz CT molecular complexity index is 289. The molecule has 14 heavy (non-hydrogen) atoms. The highest BCUT2D eigenvalue weighted by molar-refractivity contribution is 7.11. The third-order valence-corrected chi connectivity index (χ3v) is 3.84. The van der Waals surface area contributed by atoms with Crippen LogP contribution in [0.1, 0.15) is 16.2 Å². The lowest BCUT2D eigenvalue weighted by atomic mass is 10.2. The van der Waals surface area contributed by atoms with Crippen LogP contribution in [0.4, 0.5) is 0 Å². The Hall–Kier alpha value is -0.380. The molecular formula is C11H18N2S. The Morgan fingerprint density at radius 3 is 3.00 bits per heavy atom. The van der Waals surface area contributed by atoms with E-state index >= 15 is 0 Å². The van der Waals surface area contributed by atoms with Gasteiger partial charge < -0.3 is 5.32 Å². The fraction of sp³-hybridized carbons (Fsp3) is 0.636. The third-order valence-electron chi connectivity index (χ3n) is 2.86. The van der Waals surface area contributed by atoms with Gasteiger partial charge in [-0.2, -0.15) is 0 Å². The number of aryl methyl sites for hydroxylation is 1. The molecule has 1 N–H and O–H groups in total. The summed E-state index contributed by atoms with van der Waals surface area (Å²) in [5, 5.41) is 3.41. The van der Waals surface area contributed by atoms with Gasteiger partial charge in [0.1, 0.15) is 0 Å². The van der Waals surface area contributed by atoms with Gasteiger partial charge in [-0.3, -0.25) is 4.90 Å². The molecule has 0 aromatic carbocycles. The SMILES string of the molecule is Cc1ccc(CN(C)C2CCNC2)s1. The van der Waals surface area contributed by atoms with Crippen LogP contribution in [0.15, 0.2) is 12.1 Å². The molecule has 1 aliphatic heterocycles. The van der Waals surface area contributed by atoms with E-state index in [4.69, 9.17) is 0 Å². The van der Waals surface area contributed by atoms with Crippen molar-refractivity contribution in [3.63, 3.8) is 0 Å². The Morgan fingerprint density at radius 2 is 2.43 bits per heavy atom. The van der Waals surface area contributed by atoms with E-state index in [0.717, 1.165) is 19.1 Å². The van der Waals surface area contributed by atoms with E-state index in [2.05, 4.69) is 36.3 Å². The topological polar surface area (TPSA) is 15.3 Å². The number of nitrogens with zero attached hydrogens (tertiary/aromatic N) is 1. The molecule has 0 radical (unpaired) electrons. The van der Waals surface area contributed by atoms with E-state index < -0.39 is 0 Å². The molecule has 2 heterocycles. The molecule has 78 valence electrons. The molecule has 0 aliphatic carbocycles. The zero-order valence-electron chi connectivity index (χ0n) is 8.92. The van der Waals surface area contributed by atoms with Crippen molar-refractivity contribution in [2.24, 2.45) is 0 Å². The second kappa shape index (κ2) is 4.43. The van der Waals surface area contributed by atoms with Crippen LogP contribution in [-0.2, 0) is 6.54 Å². The molecule has 1 atom stereocenters. The second-order valence-corrected chi connectivity index (χ2v) is 5.45. The van der Waals surface area contributed by atoms with Crippen molar-refractivity contribution >= 4 is 11.3 Å². The van der Waals surface area contributed by atoms with Crippen LogP contribution < -0.4 is 5.32 Å². The van der Waals surface area contributed by atoms with Crippen LogP contribution in [0.2, 0.25) is 0 Å². The molecule has 2 nitrogen and oxygen atoms in total. The summed E-state index contributed by atoms with van der Waals surface area (Å²) in [6, 6.07) is 5.19. The standard InChI is InChI=1S/C11H18N2S/c1-9-3-4-11(14-9)8-13(2)10-5-6-12-7-10/h3-4,10,12H,5-8H2,1-2H3. The molecule has 1 saturated heterocycles. The molecule has 1 fully saturated rings. The average molecular weight is 210 g/mol. The Morgan fingerprint density at radius 1 is 1.57 bits per heavy atom. The maximum absolute atomic E-state index is 3.41. The lowest BCUT2D eigenvalue weighted by molar-refractivity contribution is 0.251. The van der Waals surface area contributed by atoms with E-state index in [0.29, 0.717) is 0 Å². The average Bonchev–Trinajstić information content (AvgIpc) is 2.75. The highest BCUT2D eigenvalue weighted by atomic mass is 32.1. The van der Waals surface area contributed by atoms with Crippen LogP contribution in [0, 0.1) is 6.92 Å². The quantitative estimate of drug-likeness (QED) is 0.819. The highest BCUT2D eigenvalue weighted by Gasteiger charge is 2.19. The zero-order valence-corrected chi connectivity index (χ0v) is 9.73. The van der Waals surface area contributed by atoms with E-state index in [1.165, 1.54) is 22.7 Å². The van der Waals surface area contributed by atoms with Gasteiger partial charge in [0.15, 0.2) is 0 Å². The van der Waals surface area contributed by atoms with Crippen LogP contribution in [0.3, 0.4) is 0 Å². The molecular weight excluding hydrogens is 192 g/mol. The second-order valence-electron chi connectivity index (χ2n) is 4.07. The molecule has 2 rings (SSSR count). The fourth-order valence-electron chi connectivity index (χ4n) is 1.96. The maximum Gasteiger partial charge on any atom is 0.0328 e. The lowest BCUT2D eigenvalue weighted by Gasteiger charge is -2.22. The molecule has 1 aromatic rings. The van der Waals surface area contributed by atoms with Gasteiger partial charge in [-0.1, -0.05) is 0 Å². The predicted molar refractivity (Wildman–Crippen MR) is 61.8 cm³/mol. The summed E-state index contributed by atoms with van der Waals surface area (Å²) in [5.41, 5.74) is 0. The van der Waals surface area contributed by atoms with Gasteiger partial charge in [0.25, 0.3) is 0 Å². The molecule has 0 saturated carbocycles. The zero-order chi connectivity index (χ0) is 9.97. The minimum Gasteiger partial charge on any atom is -0.315 e. The van der Waals surface area contributed by atoms with E-state index in [1.54, 1.807) is 0 Å². The summed E-state index contributed by atoms with van der Waals surface area (Å²) in [7, 11) is 2.23. The van der Waals surface area contributed by atoms with Gasteiger partial charge >= 0.3 is 0 Å². The van der Waals surface area contributed by atoms with Crippen molar-refractivity contribution in [3.8, 4) is 0 Å². The summed E-state index contributed by atoms with van der Waals surface area (Å²) in [5.74, 6) is 0. The van der Waals surface area contributed by atoms with Crippen molar-refractivity contribution in [3.05, 3.63) is 21.9 Å². The first kappa shape index (κ1) is 10.1. The van der Waals surface area contributed by atoms with Crippen molar-refractivity contribution in [2.75, 3.05) is 20.1 Å². The Balaban J connectivity index is 1.90. The first-order valence-electron chi connectivity index (χ1n) is 5.22. The number of likely N-dealkylation sites (N-methyl/N-ethyl adjacent to an activating group) is 1. The Labute approximate surface area is 89.9 Å². The monoisotopic (exact) mass is 210 g/mol. The van der Waals surface area contributed by atoms with Crippen molar-refractivity contribution < 1.29 is 0 Å². The number of rotatable bonds is 3. The third kappa shape index (κ3) is 2.35. The minimum absolute atomic E-state index is 0.734. The highest BCUT2D eigenvalue weighted by Crippen LogP contribution is 2.18. The molecule has 0 amide bonds. The van der Waals surface area contributed by atoms with Crippen molar-refractivity contribution in [2.45, 2.75) is 25.9 Å². The van der Waals surface area contributed by atoms with Gasteiger partial charge in [0, 0.05) is 28.9 Å². The van der Waals surface area contributed by atoms with E-state index in [-0.39, 0.29) is 0 Å². The Kier molecular flexibility index (Phi) is 3.21. The van der Waals surface area contributed by atoms with E-state index in [9.17, 15) is 0 Å². The van der Waals surface area contributed by atoms with Crippen LogP contribution in [0.5, 0.6) is 0 Å². The van der Waals surface area contributed by atoms with Crippen LogP contribution in [0.25, 0.3) is 0 Å². The van der Waals surface area contributed by atoms with Crippen molar-refractivity contribution in [1.82, 2.24) is 10.2 Å². The largest absolute Gasteiger partial charge is 0.315 e. The van der Waals surface area contributed by atoms with Gasteiger partial charge in [-0.25, -0.2) is 0 Å². The molecule has 3 heteroatoms. The summed E-state index contributed by atoms with van der Waals surface area (Å²) in [6.07, 6.45) is 1.29. The number of thiophene rings is 1. The predicted octanol–water partition coefficient (Wildman–Crippen LogP) is 1.85. The minimum atomic E-state index is 0.734. The number of hydrogen-bond acceptors (Lipinski definition) is 3. The maximum atomic E-state index is 3.41. The number of hydrogen-bond donors (Lipinski definition) is 1. The molecule has 1 unspecified atom stereocenters. The summed E-state index contributed by atoms with van der Waals surface area (Å²) < 4.78 is 0.